The van der Waals surface area contributed by atoms with Gasteiger partial charge in [-0.2, -0.15) is 0 Å². The zero-order chi connectivity index (χ0) is 13.4. The van der Waals surface area contributed by atoms with E-state index < -0.39 is 11.9 Å². The Morgan fingerprint density at radius 1 is 1.16 bits per heavy atom. The minimum absolute atomic E-state index is 0.0542. The topological polar surface area (TPSA) is 43.4 Å². The van der Waals surface area contributed by atoms with Gasteiger partial charge in [0.1, 0.15) is 5.92 Å². The summed E-state index contributed by atoms with van der Waals surface area (Å²) >= 11 is 0. The number of methoxy groups -OCH3 is 1. The predicted molar refractivity (Wildman–Crippen MR) is 71.2 cm³/mol. The molecular weight excluding hydrogens is 240 g/mol. The summed E-state index contributed by atoms with van der Waals surface area (Å²) in [6.07, 6.45) is 6.06. The molecule has 100 valence electrons. The van der Waals surface area contributed by atoms with Crippen LogP contribution in [0.25, 0.3) is 0 Å². The number of carbonyl (C=O) groups excluding carboxylic acids is 2. The van der Waals surface area contributed by atoms with Crippen LogP contribution in [0.4, 0.5) is 0 Å². The molecule has 3 rings (SSSR count). The minimum atomic E-state index is -0.598. The van der Waals surface area contributed by atoms with Gasteiger partial charge < -0.3 is 4.74 Å². The lowest BCUT2D eigenvalue weighted by atomic mass is 9.76. The van der Waals surface area contributed by atoms with E-state index in [-0.39, 0.29) is 5.78 Å². The van der Waals surface area contributed by atoms with Gasteiger partial charge >= 0.3 is 5.97 Å². The first-order chi connectivity index (χ1) is 9.22. The average molecular weight is 258 g/mol. The fourth-order valence-electron chi connectivity index (χ4n) is 3.40. The number of esters is 1. The number of benzene rings is 1. The monoisotopic (exact) mass is 258 g/mol. The fourth-order valence-corrected chi connectivity index (χ4v) is 3.40. The average Bonchev–Trinajstić information content (AvgIpc) is 2.46. The number of ether oxygens (including phenoxy) is 1. The standard InChI is InChI=1S/C16H18O3/c1-19-16(18)14-9-8-12-11-5-3-2-4-10(11)6-7-13(12)15(14)17/h6-7,14H,2-5,8-9H2,1H3/t14-/m1/s1. The van der Waals surface area contributed by atoms with Crippen LogP contribution in [-0.4, -0.2) is 18.9 Å². The smallest absolute Gasteiger partial charge is 0.316 e. The Kier molecular flexibility index (Phi) is 3.13. The van der Waals surface area contributed by atoms with E-state index in [1.165, 1.54) is 36.6 Å². The number of fused-ring (bicyclic) bond motifs is 3. The number of aryl methyl sites for hydroxylation is 1. The third-order valence-corrected chi connectivity index (χ3v) is 4.40. The molecule has 0 saturated carbocycles. The van der Waals surface area contributed by atoms with Crippen molar-refractivity contribution < 1.29 is 14.3 Å². The van der Waals surface area contributed by atoms with Crippen LogP contribution in [-0.2, 0) is 28.8 Å². The Hall–Kier alpha value is -1.64. The number of hydrogen-bond acceptors (Lipinski definition) is 3. The summed E-state index contributed by atoms with van der Waals surface area (Å²) in [6, 6.07) is 3.99. The van der Waals surface area contributed by atoms with Crippen molar-refractivity contribution in [1.82, 2.24) is 0 Å². The maximum absolute atomic E-state index is 12.4. The number of Topliss-reactive ketones (excluding diaryl/α,β-unsaturated/α-hetero) is 1. The quantitative estimate of drug-likeness (QED) is 0.574. The van der Waals surface area contributed by atoms with E-state index in [2.05, 4.69) is 6.07 Å². The van der Waals surface area contributed by atoms with E-state index in [0.717, 1.165) is 24.8 Å². The summed E-state index contributed by atoms with van der Waals surface area (Å²) in [6.45, 7) is 0. The molecule has 3 heteroatoms. The van der Waals surface area contributed by atoms with Crippen molar-refractivity contribution in [2.45, 2.75) is 38.5 Å². The highest BCUT2D eigenvalue weighted by molar-refractivity contribution is 6.10. The summed E-state index contributed by atoms with van der Waals surface area (Å²) < 4.78 is 4.73. The first-order valence-electron chi connectivity index (χ1n) is 6.98. The summed E-state index contributed by atoms with van der Waals surface area (Å²) in [7, 11) is 1.35. The zero-order valence-electron chi connectivity index (χ0n) is 11.2. The Morgan fingerprint density at radius 2 is 1.95 bits per heavy atom. The Labute approximate surface area is 113 Å². The van der Waals surface area contributed by atoms with E-state index in [4.69, 9.17) is 4.74 Å². The third-order valence-electron chi connectivity index (χ3n) is 4.40. The van der Waals surface area contributed by atoms with Gasteiger partial charge in [0.05, 0.1) is 7.11 Å². The van der Waals surface area contributed by atoms with Crippen LogP contribution in [0.2, 0.25) is 0 Å². The molecule has 0 fully saturated rings. The Morgan fingerprint density at radius 3 is 2.74 bits per heavy atom. The van der Waals surface area contributed by atoms with Crippen molar-refractivity contribution in [3.63, 3.8) is 0 Å². The lowest BCUT2D eigenvalue weighted by Gasteiger charge is -2.27. The van der Waals surface area contributed by atoms with Crippen molar-refractivity contribution in [1.29, 1.82) is 0 Å². The van der Waals surface area contributed by atoms with Crippen LogP contribution in [0, 0.1) is 5.92 Å². The van der Waals surface area contributed by atoms with Crippen LogP contribution < -0.4 is 0 Å². The lowest BCUT2D eigenvalue weighted by molar-refractivity contribution is -0.143. The molecule has 0 saturated heterocycles. The first-order valence-corrected chi connectivity index (χ1v) is 6.98. The van der Waals surface area contributed by atoms with Crippen molar-refractivity contribution in [3.8, 4) is 0 Å². The summed E-state index contributed by atoms with van der Waals surface area (Å²) in [5, 5.41) is 0. The number of hydrogen-bond donors (Lipinski definition) is 0. The second kappa shape index (κ2) is 4.80. The van der Waals surface area contributed by atoms with Gasteiger partial charge in [0, 0.05) is 5.56 Å². The molecule has 0 radical (unpaired) electrons. The number of carbonyl (C=O) groups is 2. The van der Waals surface area contributed by atoms with Crippen molar-refractivity contribution in [3.05, 3.63) is 34.4 Å². The molecule has 1 aromatic carbocycles. The molecule has 0 aromatic heterocycles. The van der Waals surface area contributed by atoms with Crippen LogP contribution in [0.3, 0.4) is 0 Å². The fraction of sp³-hybridized carbons (Fsp3) is 0.500. The highest BCUT2D eigenvalue weighted by Crippen LogP contribution is 2.33. The van der Waals surface area contributed by atoms with Crippen LogP contribution in [0.15, 0.2) is 12.1 Å². The van der Waals surface area contributed by atoms with E-state index in [1.807, 2.05) is 6.07 Å². The van der Waals surface area contributed by atoms with Gasteiger partial charge in [-0.15, -0.1) is 0 Å². The SMILES string of the molecule is COC(=O)[C@@H]1CCc2c(ccc3c2CCCC3)C1=O. The van der Waals surface area contributed by atoms with Crippen molar-refractivity contribution >= 4 is 11.8 Å². The maximum Gasteiger partial charge on any atom is 0.316 e. The second-order valence-corrected chi connectivity index (χ2v) is 5.42. The van der Waals surface area contributed by atoms with Gasteiger partial charge in [0.15, 0.2) is 5.78 Å². The van der Waals surface area contributed by atoms with Gasteiger partial charge in [0.25, 0.3) is 0 Å². The van der Waals surface area contributed by atoms with E-state index in [1.54, 1.807) is 0 Å². The molecule has 1 aromatic rings. The first kappa shape index (κ1) is 12.4. The molecule has 0 aliphatic heterocycles. The molecular formula is C16H18O3. The highest BCUT2D eigenvalue weighted by Gasteiger charge is 2.35. The third kappa shape index (κ3) is 1.97. The minimum Gasteiger partial charge on any atom is -0.468 e. The maximum atomic E-state index is 12.4. The molecule has 2 aliphatic carbocycles. The van der Waals surface area contributed by atoms with Crippen LogP contribution in [0.1, 0.15) is 46.3 Å². The molecule has 2 aliphatic rings. The molecule has 0 spiro atoms. The molecule has 0 bridgehead atoms. The van der Waals surface area contributed by atoms with Crippen molar-refractivity contribution in [2.24, 2.45) is 5.92 Å². The van der Waals surface area contributed by atoms with Gasteiger partial charge in [-0.3, -0.25) is 9.59 Å². The molecule has 0 N–H and O–H groups in total. The molecule has 0 amide bonds. The van der Waals surface area contributed by atoms with E-state index in [0.29, 0.717) is 6.42 Å². The Balaban J connectivity index is 2.02. The van der Waals surface area contributed by atoms with Gasteiger partial charge in [-0.05, 0) is 55.2 Å². The summed E-state index contributed by atoms with van der Waals surface area (Å²) in [5.74, 6) is -1.05. The van der Waals surface area contributed by atoms with Crippen LogP contribution in [0.5, 0.6) is 0 Å². The second-order valence-electron chi connectivity index (χ2n) is 5.42. The zero-order valence-corrected chi connectivity index (χ0v) is 11.2. The molecule has 3 nitrogen and oxygen atoms in total. The normalized spacial score (nSPS) is 21.5. The number of ketones is 1. The largest absolute Gasteiger partial charge is 0.468 e. The predicted octanol–water partition coefficient (Wildman–Crippen LogP) is 2.48. The molecule has 0 heterocycles. The summed E-state index contributed by atoms with van der Waals surface area (Å²) in [5.41, 5.74) is 4.72. The van der Waals surface area contributed by atoms with Gasteiger partial charge in [-0.25, -0.2) is 0 Å². The molecule has 1 atom stereocenters. The van der Waals surface area contributed by atoms with E-state index >= 15 is 0 Å². The van der Waals surface area contributed by atoms with E-state index in [9.17, 15) is 9.59 Å². The van der Waals surface area contributed by atoms with Gasteiger partial charge in [-0.1, -0.05) is 12.1 Å². The van der Waals surface area contributed by atoms with Crippen molar-refractivity contribution in [2.75, 3.05) is 7.11 Å². The van der Waals surface area contributed by atoms with Gasteiger partial charge in [0.2, 0.25) is 0 Å². The number of rotatable bonds is 1. The lowest BCUT2D eigenvalue weighted by Crippen LogP contribution is -2.31. The summed E-state index contributed by atoms with van der Waals surface area (Å²) in [4.78, 5) is 24.0. The molecule has 19 heavy (non-hydrogen) atoms. The van der Waals surface area contributed by atoms with Crippen LogP contribution >= 0.6 is 0 Å². The highest BCUT2D eigenvalue weighted by atomic mass is 16.5. The molecule has 0 unspecified atom stereocenters. The Bertz CT molecular complexity index is 545.